The summed E-state index contributed by atoms with van der Waals surface area (Å²) in [6.45, 7) is 8.98. The molecule has 0 aromatic heterocycles. The number of hydrogen-bond acceptors (Lipinski definition) is 9. The molecular formula is C19H34N2O7. The van der Waals surface area contributed by atoms with Crippen LogP contribution in [0.15, 0.2) is 0 Å². The molecule has 0 aliphatic rings. The SMILES string of the molecule is CCOC(=O)CC(OC(=O)[C@@H](N)[C@@H](C)CC)C(C=O)OC(=O)[C@@H](N)[C@@H](C)CC. The van der Waals surface area contributed by atoms with Gasteiger partial charge in [0.15, 0.2) is 18.5 Å². The standard InChI is InChI=1S/C19H34N2O7/c1-6-11(4)16(20)18(24)27-13(9-15(23)26-8-3)14(10-22)28-19(25)17(21)12(5)7-2/h10-14,16-17H,6-9,20-21H2,1-5H3/t11-,12-,13?,14?,16-,17-/m0/s1. The van der Waals surface area contributed by atoms with Crippen molar-refractivity contribution in [3.63, 3.8) is 0 Å². The minimum absolute atomic E-state index is 0.107. The summed E-state index contributed by atoms with van der Waals surface area (Å²) in [7, 11) is 0. The lowest BCUT2D eigenvalue weighted by atomic mass is 10.00. The fourth-order valence-electron chi connectivity index (χ4n) is 2.21. The highest BCUT2D eigenvalue weighted by molar-refractivity contribution is 5.80. The molecule has 0 aromatic rings. The molecule has 0 heterocycles. The van der Waals surface area contributed by atoms with Gasteiger partial charge in [-0.3, -0.25) is 19.2 Å². The van der Waals surface area contributed by atoms with Crippen LogP contribution < -0.4 is 11.5 Å². The molecule has 0 aliphatic carbocycles. The Morgan fingerprint density at radius 3 is 1.75 bits per heavy atom. The zero-order valence-electron chi connectivity index (χ0n) is 17.4. The van der Waals surface area contributed by atoms with Crippen LogP contribution in [-0.4, -0.2) is 55.1 Å². The van der Waals surface area contributed by atoms with Gasteiger partial charge in [-0.15, -0.1) is 0 Å². The van der Waals surface area contributed by atoms with Gasteiger partial charge in [0.1, 0.15) is 12.1 Å². The van der Waals surface area contributed by atoms with Crippen molar-refractivity contribution < 1.29 is 33.4 Å². The number of ether oxygens (including phenoxy) is 3. The average Bonchev–Trinajstić information content (AvgIpc) is 2.68. The summed E-state index contributed by atoms with van der Waals surface area (Å²) in [5.41, 5.74) is 11.7. The molecule has 0 aliphatic heterocycles. The molecule has 0 fully saturated rings. The van der Waals surface area contributed by atoms with Crippen LogP contribution in [0, 0.1) is 11.8 Å². The van der Waals surface area contributed by atoms with Crippen LogP contribution in [0.3, 0.4) is 0 Å². The van der Waals surface area contributed by atoms with E-state index in [2.05, 4.69) is 0 Å². The molecule has 0 amide bonds. The zero-order valence-corrected chi connectivity index (χ0v) is 17.4. The fraction of sp³-hybridized carbons (Fsp3) is 0.789. The summed E-state index contributed by atoms with van der Waals surface area (Å²) in [5, 5.41) is 0. The normalized spacial score (nSPS) is 17.4. The van der Waals surface area contributed by atoms with Gasteiger partial charge in [0.05, 0.1) is 13.0 Å². The van der Waals surface area contributed by atoms with Crippen LogP contribution in [-0.2, 0) is 33.4 Å². The van der Waals surface area contributed by atoms with Crippen molar-refractivity contribution in [1.29, 1.82) is 0 Å². The van der Waals surface area contributed by atoms with Crippen molar-refractivity contribution in [1.82, 2.24) is 0 Å². The van der Waals surface area contributed by atoms with Gasteiger partial charge in [-0.05, 0) is 18.8 Å². The van der Waals surface area contributed by atoms with E-state index in [-0.39, 0.29) is 18.4 Å². The number of nitrogens with two attached hydrogens (primary N) is 2. The minimum Gasteiger partial charge on any atom is -0.466 e. The number of carbonyl (C=O) groups excluding carboxylic acids is 4. The van der Waals surface area contributed by atoms with Gasteiger partial charge in [0.2, 0.25) is 0 Å². The second-order valence-corrected chi connectivity index (χ2v) is 6.84. The number of hydrogen-bond donors (Lipinski definition) is 2. The molecule has 162 valence electrons. The van der Waals surface area contributed by atoms with Gasteiger partial charge < -0.3 is 25.7 Å². The predicted octanol–water partition coefficient (Wildman–Crippen LogP) is 0.709. The Morgan fingerprint density at radius 1 is 0.893 bits per heavy atom. The number of aldehydes is 1. The van der Waals surface area contributed by atoms with Gasteiger partial charge in [-0.25, -0.2) is 0 Å². The Bertz CT molecular complexity index is 526. The third-order valence-electron chi connectivity index (χ3n) is 4.75. The molecule has 0 spiro atoms. The summed E-state index contributed by atoms with van der Waals surface area (Å²) in [6, 6.07) is -1.89. The third kappa shape index (κ3) is 8.35. The van der Waals surface area contributed by atoms with Gasteiger partial charge >= 0.3 is 17.9 Å². The fourth-order valence-corrected chi connectivity index (χ4v) is 2.21. The van der Waals surface area contributed by atoms with Crippen molar-refractivity contribution in [2.45, 2.75) is 78.2 Å². The van der Waals surface area contributed by atoms with Crippen LogP contribution in [0.25, 0.3) is 0 Å². The predicted molar refractivity (Wildman–Crippen MR) is 102 cm³/mol. The summed E-state index contributed by atoms with van der Waals surface area (Å²) >= 11 is 0. The minimum atomic E-state index is -1.50. The van der Waals surface area contributed by atoms with Crippen molar-refractivity contribution in [3.8, 4) is 0 Å². The van der Waals surface area contributed by atoms with E-state index in [0.29, 0.717) is 19.1 Å². The highest BCUT2D eigenvalue weighted by atomic mass is 16.6. The van der Waals surface area contributed by atoms with Crippen LogP contribution in [0.4, 0.5) is 0 Å². The summed E-state index contributed by atoms with van der Waals surface area (Å²) < 4.78 is 15.2. The topological polar surface area (TPSA) is 148 Å². The second-order valence-electron chi connectivity index (χ2n) is 6.84. The van der Waals surface area contributed by atoms with Crippen molar-refractivity contribution >= 4 is 24.2 Å². The van der Waals surface area contributed by atoms with Crippen LogP contribution >= 0.6 is 0 Å². The molecule has 0 radical (unpaired) electrons. The monoisotopic (exact) mass is 402 g/mol. The lowest BCUT2D eigenvalue weighted by molar-refractivity contribution is -0.175. The molecule has 0 rings (SSSR count). The zero-order chi connectivity index (χ0) is 21.9. The molecule has 0 aromatic carbocycles. The lowest BCUT2D eigenvalue weighted by Gasteiger charge is -2.27. The van der Waals surface area contributed by atoms with E-state index in [1.165, 1.54) is 0 Å². The summed E-state index contributed by atoms with van der Waals surface area (Å²) in [5.74, 6) is -2.66. The molecule has 0 saturated heterocycles. The van der Waals surface area contributed by atoms with Crippen LogP contribution in [0.5, 0.6) is 0 Å². The van der Waals surface area contributed by atoms with E-state index in [9.17, 15) is 19.2 Å². The Morgan fingerprint density at radius 2 is 1.36 bits per heavy atom. The molecule has 9 nitrogen and oxygen atoms in total. The first-order chi connectivity index (χ1) is 13.1. The van der Waals surface area contributed by atoms with Gasteiger partial charge in [0.25, 0.3) is 0 Å². The van der Waals surface area contributed by atoms with Crippen LogP contribution in [0.2, 0.25) is 0 Å². The van der Waals surface area contributed by atoms with E-state index in [1.807, 2.05) is 13.8 Å². The largest absolute Gasteiger partial charge is 0.466 e. The maximum atomic E-state index is 12.3. The first-order valence-corrected chi connectivity index (χ1v) is 9.65. The lowest BCUT2D eigenvalue weighted by Crippen LogP contribution is -2.47. The highest BCUT2D eigenvalue weighted by Gasteiger charge is 2.35. The molecule has 6 atom stereocenters. The Kier molecular flexibility index (Phi) is 12.3. The van der Waals surface area contributed by atoms with E-state index in [4.69, 9.17) is 25.7 Å². The molecule has 9 heteroatoms. The molecule has 2 unspecified atom stereocenters. The Labute approximate surface area is 166 Å². The smallest absolute Gasteiger partial charge is 0.324 e. The highest BCUT2D eigenvalue weighted by Crippen LogP contribution is 2.15. The van der Waals surface area contributed by atoms with Crippen molar-refractivity contribution in [3.05, 3.63) is 0 Å². The Balaban J connectivity index is 5.37. The summed E-state index contributed by atoms with van der Waals surface area (Å²) in [6.07, 6.45) is -1.75. The molecule has 28 heavy (non-hydrogen) atoms. The van der Waals surface area contributed by atoms with E-state index >= 15 is 0 Å². The van der Waals surface area contributed by atoms with E-state index in [0.717, 1.165) is 0 Å². The maximum Gasteiger partial charge on any atom is 0.324 e. The first-order valence-electron chi connectivity index (χ1n) is 9.65. The Hall–Kier alpha value is -2.00. The molecule has 0 saturated carbocycles. The first kappa shape index (κ1) is 26.0. The molecule has 4 N–H and O–H groups in total. The van der Waals surface area contributed by atoms with Gasteiger partial charge in [0, 0.05) is 0 Å². The van der Waals surface area contributed by atoms with Crippen LogP contribution in [0.1, 0.15) is 53.9 Å². The molecular weight excluding hydrogens is 368 g/mol. The average molecular weight is 402 g/mol. The quantitative estimate of drug-likeness (QED) is 0.258. The summed E-state index contributed by atoms with van der Waals surface area (Å²) in [4.78, 5) is 47.9. The van der Waals surface area contributed by atoms with Crippen molar-refractivity contribution in [2.75, 3.05) is 6.61 Å². The third-order valence-corrected chi connectivity index (χ3v) is 4.75. The van der Waals surface area contributed by atoms with E-state index < -0.39 is 48.6 Å². The maximum absolute atomic E-state index is 12.3. The van der Waals surface area contributed by atoms with Gasteiger partial charge in [-0.2, -0.15) is 0 Å². The number of carbonyl (C=O) groups is 4. The van der Waals surface area contributed by atoms with Gasteiger partial charge in [-0.1, -0.05) is 40.5 Å². The number of esters is 3. The van der Waals surface area contributed by atoms with Crippen molar-refractivity contribution in [2.24, 2.45) is 23.3 Å². The molecule has 0 bridgehead atoms. The second kappa shape index (κ2) is 13.2. The van der Waals surface area contributed by atoms with E-state index in [1.54, 1.807) is 20.8 Å². The number of rotatable bonds is 13.